The van der Waals surface area contributed by atoms with Gasteiger partial charge in [-0.15, -0.1) is 0 Å². The molecule has 0 bridgehead atoms. The van der Waals surface area contributed by atoms with E-state index in [1.54, 1.807) is 21.3 Å². The standard InChI is InChI=1S/C24H35N5O2/c1-5-28-12-14-29(15-13-28)18-20-9-7-6-8-19(20)17-26-24(25-2)27-21-10-11-22(30-3)23(16-21)31-4/h6-11,16H,5,12-15,17-18H2,1-4H3,(H2,25,26,27). The second-order valence-electron chi connectivity index (χ2n) is 7.60. The minimum absolute atomic E-state index is 0.677. The summed E-state index contributed by atoms with van der Waals surface area (Å²) in [6.07, 6.45) is 0. The molecule has 0 atom stereocenters. The first-order valence-corrected chi connectivity index (χ1v) is 10.9. The average molecular weight is 426 g/mol. The van der Waals surface area contributed by atoms with Gasteiger partial charge in [-0.1, -0.05) is 31.2 Å². The summed E-state index contributed by atoms with van der Waals surface area (Å²) in [5.74, 6) is 2.08. The van der Waals surface area contributed by atoms with E-state index in [0.717, 1.165) is 45.0 Å². The minimum Gasteiger partial charge on any atom is -0.493 e. The van der Waals surface area contributed by atoms with Gasteiger partial charge in [0.25, 0.3) is 0 Å². The van der Waals surface area contributed by atoms with Gasteiger partial charge in [0, 0.05) is 58.1 Å². The Morgan fingerprint density at radius 1 is 0.935 bits per heavy atom. The molecule has 0 unspecified atom stereocenters. The highest BCUT2D eigenvalue weighted by atomic mass is 16.5. The number of ether oxygens (including phenoxy) is 2. The number of nitrogens with zero attached hydrogens (tertiary/aromatic N) is 3. The predicted octanol–water partition coefficient (Wildman–Crippen LogP) is 3.03. The van der Waals surface area contributed by atoms with Gasteiger partial charge in [-0.3, -0.25) is 9.89 Å². The van der Waals surface area contributed by atoms with Crippen LogP contribution in [-0.4, -0.2) is 69.8 Å². The Morgan fingerprint density at radius 3 is 2.26 bits per heavy atom. The molecule has 0 aliphatic carbocycles. The van der Waals surface area contributed by atoms with Crippen molar-refractivity contribution in [1.82, 2.24) is 15.1 Å². The van der Waals surface area contributed by atoms with E-state index in [2.05, 4.69) is 56.6 Å². The topological polar surface area (TPSA) is 61.4 Å². The maximum atomic E-state index is 5.39. The Balaban J connectivity index is 1.60. The molecule has 31 heavy (non-hydrogen) atoms. The van der Waals surface area contributed by atoms with Crippen molar-refractivity contribution in [3.05, 3.63) is 53.6 Å². The van der Waals surface area contributed by atoms with E-state index in [0.29, 0.717) is 24.0 Å². The third-order valence-electron chi connectivity index (χ3n) is 5.74. The largest absolute Gasteiger partial charge is 0.493 e. The molecule has 0 saturated carbocycles. The second kappa shape index (κ2) is 11.6. The third-order valence-corrected chi connectivity index (χ3v) is 5.74. The van der Waals surface area contributed by atoms with Crippen molar-refractivity contribution >= 4 is 11.6 Å². The van der Waals surface area contributed by atoms with Crippen LogP contribution in [0.1, 0.15) is 18.1 Å². The van der Waals surface area contributed by atoms with E-state index < -0.39 is 0 Å². The molecule has 7 nitrogen and oxygen atoms in total. The molecular formula is C24H35N5O2. The Hall–Kier alpha value is -2.77. The van der Waals surface area contributed by atoms with Gasteiger partial charge in [0.2, 0.25) is 0 Å². The Bertz CT molecular complexity index is 863. The fraction of sp³-hybridized carbons (Fsp3) is 0.458. The summed E-state index contributed by atoms with van der Waals surface area (Å²) in [4.78, 5) is 9.42. The number of piperazine rings is 1. The normalized spacial score (nSPS) is 15.5. The van der Waals surface area contributed by atoms with Crippen molar-refractivity contribution in [2.24, 2.45) is 4.99 Å². The molecule has 0 radical (unpaired) electrons. The molecule has 2 N–H and O–H groups in total. The fourth-order valence-corrected chi connectivity index (χ4v) is 3.80. The molecule has 0 spiro atoms. The lowest BCUT2D eigenvalue weighted by Crippen LogP contribution is -2.45. The van der Waals surface area contributed by atoms with E-state index in [1.807, 2.05) is 18.2 Å². The lowest BCUT2D eigenvalue weighted by atomic mass is 10.1. The quantitative estimate of drug-likeness (QED) is 0.501. The highest BCUT2D eigenvalue weighted by Gasteiger charge is 2.16. The number of guanidine groups is 1. The number of nitrogens with one attached hydrogen (secondary N) is 2. The zero-order valence-electron chi connectivity index (χ0n) is 19.1. The van der Waals surface area contributed by atoms with Crippen LogP contribution in [0.15, 0.2) is 47.5 Å². The summed E-state index contributed by atoms with van der Waals surface area (Å²) in [6, 6.07) is 14.4. The number of rotatable bonds is 8. The maximum Gasteiger partial charge on any atom is 0.195 e. The molecule has 0 aromatic heterocycles. The van der Waals surface area contributed by atoms with Crippen LogP contribution in [0.2, 0.25) is 0 Å². The zero-order valence-corrected chi connectivity index (χ0v) is 19.1. The Kier molecular flexibility index (Phi) is 8.55. The summed E-state index contributed by atoms with van der Waals surface area (Å²) in [5.41, 5.74) is 3.53. The molecule has 7 heteroatoms. The van der Waals surface area contributed by atoms with Gasteiger partial charge in [0.05, 0.1) is 14.2 Å². The molecule has 3 rings (SSSR count). The highest BCUT2D eigenvalue weighted by molar-refractivity contribution is 5.93. The molecule has 1 saturated heterocycles. The van der Waals surface area contributed by atoms with Crippen LogP contribution in [0.3, 0.4) is 0 Å². The van der Waals surface area contributed by atoms with Gasteiger partial charge >= 0.3 is 0 Å². The van der Waals surface area contributed by atoms with Crippen molar-refractivity contribution < 1.29 is 9.47 Å². The van der Waals surface area contributed by atoms with Crippen molar-refractivity contribution in [3.8, 4) is 11.5 Å². The van der Waals surface area contributed by atoms with Gasteiger partial charge in [0.1, 0.15) is 0 Å². The summed E-state index contributed by atoms with van der Waals surface area (Å²) < 4.78 is 10.7. The molecule has 1 aliphatic heterocycles. The fourth-order valence-electron chi connectivity index (χ4n) is 3.80. The lowest BCUT2D eigenvalue weighted by molar-refractivity contribution is 0.131. The van der Waals surface area contributed by atoms with Crippen LogP contribution >= 0.6 is 0 Å². The van der Waals surface area contributed by atoms with Crippen molar-refractivity contribution in [3.63, 3.8) is 0 Å². The molecular weight excluding hydrogens is 390 g/mol. The highest BCUT2D eigenvalue weighted by Crippen LogP contribution is 2.29. The SMILES string of the molecule is CCN1CCN(Cc2ccccc2CNC(=NC)Nc2ccc(OC)c(OC)c2)CC1. The van der Waals surface area contributed by atoms with Gasteiger partial charge in [-0.25, -0.2) is 0 Å². The molecule has 1 fully saturated rings. The second-order valence-corrected chi connectivity index (χ2v) is 7.60. The molecule has 0 amide bonds. The van der Waals surface area contributed by atoms with Crippen LogP contribution in [-0.2, 0) is 13.1 Å². The van der Waals surface area contributed by atoms with Gasteiger partial charge < -0.3 is 25.0 Å². The first kappa shape index (κ1) is 22.9. The molecule has 1 aliphatic rings. The van der Waals surface area contributed by atoms with Crippen molar-refractivity contribution in [2.45, 2.75) is 20.0 Å². The lowest BCUT2D eigenvalue weighted by Gasteiger charge is -2.34. The van der Waals surface area contributed by atoms with Crippen LogP contribution in [0.4, 0.5) is 5.69 Å². The number of hydrogen-bond acceptors (Lipinski definition) is 5. The van der Waals surface area contributed by atoms with E-state index >= 15 is 0 Å². The van der Waals surface area contributed by atoms with Crippen molar-refractivity contribution in [2.75, 3.05) is 59.3 Å². The summed E-state index contributed by atoms with van der Waals surface area (Å²) >= 11 is 0. The molecule has 2 aromatic rings. The summed E-state index contributed by atoms with van der Waals surface area (Å²) in [7, 11) is 5.04. The number of aliphatic imine (C=N–C) groups is 1. The average Bonchev–Trinajstić information content (AvgIpc) is 2.82. The van der Waals surface area contributed by atoms with E-state index in [1.165, 1.54) is 11.1 Å². The van der Waals surface area contributed by atoms with Crippen LogP contribution in [0.5, 0.6) is 11.5 Å². The molecule has 168 valence electrons. The van der Waals surface area contributed by atoms with E-state index in [-0.39, 0.29) is 0 Å². The molecule has 1 heterocycles. The monoisotopic (exact) mass is 425 g/mol. The van der Waals surface area contributed by atoms with Gasteiger partial charge in [-0.05, 0) is 29.8 Å². The van der Waals surface area contributed by atoms with Gasteiger partial charge in [0.15, 0.2) is 17.5 Å². The van der Waals surface area contributed by atoms with Crippen LogP contribution in [0, 0.1) is 0 Å². The van der Waals surface area contributed by atoms with E-state index in [9.17, 15) is 0 Å². The summed E-state index contributed by atoms with van der Waals surface area (Å²) in [5, 5.41) is 6.76. The van der Waals surface area contributed by atoms with E-state index in [4.69, 9.17) is 9.47 Å². The smallest absolute Gasteiger partial charge is 0.195 e. The zero-order chi connectivity index (χ0) is 22.1. The predicted molar refractivity (Wildman–Crippen MR) is 127 cm³/mol. The summed E-state index contributed by atoms with van der Waals surface area (Å²) in [6.45, 7) is 9.61. The van der Waals surface area contributed by atoms with Gasteiger partial charge in [-0.2, -0.15) is 0 Å². The number of anilines is 1. The van der Waals surface area contributed by atoms with Crippen molar-refractivity contribution in [1.29, 1.82) is 0 Å². The number of benzene rings is 2. The van der Waals surface area contributed by atoms with Crippen LogP contribution < -0.4 is 20.1 Å². The molecule has 2 aromatic carbocycles. The maximum absolute atomic E-state index is 5.39. The first-order valence-electron chi connectivity index (χ1n) is 10.9. The number of methoxy groups -OCH3 is 2. The minimum atomic E-state index is 0.677. The third kappa shape index (κ3) is 6.35. The number of hydrogen-bond donors (Lipinski definition) is 2. The number of likely N-dealkylation sites (N-methyl/N-ethyl adjacent to an activating group) is 1. The first-order chi connectivity index (χ1) is 15.2. The van der Waals surface area contributed by atoms with Crippen LogP contribution in [0.25, 0.3) is 0 Å². The Labute approximate surface area is 186 Å². The Morgan fingerprint density at radius 2 is 1.61 bits per heavy atom.